The fraction of sp³-hybridized carbons (Fsp3) is 0.667. The van der Waals surface area contributed by atoms with Crippen molar-refractivity contribution >= 4 is 19.4 Å². The zero-order valence-corrected chi connectivity index (χ0v) is 24.7. The van der Waals surface area contributed by atoms with E-state index in [4.69, 9.17) is 14.2 Å². The lowest BCUT2D eigenvalue weighted by Gasteiger charge is -2.27. The number of carbonyl (C=O) groups excluding carboxylic acids is 2. The van der Waals surface area contributed by atoms with Gasteiger partial charge in [-0.2, -0.15) is 0 Å². The van der Waals surface area contributed by atoms with Gasteiger partial charge < -0.3 is 24.4 Å². The minimum absolute atomic E-state index is 0.137. The Hall–Kier alpha value is -3.30. The van der Waals surface area contributed by atoms with Crippen molar-refractivity contribution < 1.29 is 38.6 Å². The standard InChI is InChI=1S/C24H38N7O10P/c1-5-7-12-39-21(35)15(3)27-42(38,28-16(4)22(36)40-13-8-6-2)14-10-24(29-30-25)19(34)18(33)20(41-24)31-11-9-17(32)26-23(31)37/h9-11,14-16,18-20,33-34H,5-8,12-13H2,1-4H3,(H,26,32,37)(H2,27,28,38)/b14-10+/t15-,16-,18+,19-,20+,24+/m0/s1. The maximum atomic E-state index is 14.1. The van der Waals surface area contributed by atoms with Crippen LogP contribution in [0.25, 0.3) is 10.4 Å². The van der Waals surface area contributed by atoms with Gasteiger partial charge in [-0.1, -0.05) is 31.8 Å². The summed E-state index contributed by atoms with van der Waals surface area (Å²) in [4.78, 5) is 53.4. The van der Waals surface area contributed by atoms with E-state index in [0.29, 0.717) is 12.8 Å². The van der Waals surface area contributed by atoms with E-state index in [-0.39, 0.29) is 13.2 Å². The summed E-state index contributed by atoms with van der Waals surface area (Å²) in [7, 11) is -4.14. The van der Waals surface area contributed by atoms with Crippen LogP contribution < -0.4 is 21.4 Å². The molecule has 0 saturated carbocycles. The first-order valence-corrected chi connectivity index (χ1v) is 15.2. The second-order valence-electron chi connectivity index (χ2n) is 9.62. The third-order valence-corrected chi connectivity index (χ3v) is 8.27. The van der Waals surface area contributed by atoms with E-state index < -0.39 is 66.9 Å². The molecule has 1 aromatic rings. The van der Waals surface area contributed by atoms with Gasteiger partial charge in [-0.05, 0) is 38.3 Å². The summed E-state index contributed by atoms with van der Waals surface area (Å²) in [6, 6.07) is -1.34. The summed E-state index contributed by atoms with van der Waals surface area (Å²) in [6.45, 7) is 6.86. The molecule has 1 fully saturated rings. The Bertz CT molecular complexity index is 1290. The molecule has 0 unspecified atom stereocenters. The Balaban J connectivity index is 2.44. The molecule has 2 rings (SSSR count). The maximum Gasteiger partial charge on any atom is 0.330 e. The normalized spacial score (nSPS) is 23.7. The average molecular weight is 616 g/mol. The SMILES string of the molecule is CCCCOC(=O)[C@H](C)NP(=O)(/C=C/[C@@]1(N=[N+]=[N-])O[C@@H](n2ccc(=O)[nH]c2=O)[C@H](O)[C@@H]1O)N[C@@H](C)C(=O)OCCCC. The number of esters is 2. The number of azide groups is 1. The maximum absolute atomic E-state index is 14.1. The van der Waals surface area contributed by atoms with Crippen molar-refractivity contribution in [1.82, 2.24) is 19.7 Å². The van der Waals surface area contributed by atoms with Gasteiger partial charge in [0.1, 0.15) is 24.3 Å². The van der Waals surface area contributed by atoms with Gasteiger partial charge in [-0.3, -0.25) is 28.5 Å². The molecule has 2 heterocycles. The van der Waals surface area contributed by atoms with Crippen molar-refractivity contribution in [3.05, 3.63) is 55.4 Å². The minimum atomic E-state index is -4.14. The van der Waals surface area contributed by atoms with Crippen LogP contribution in [-0.4, -0.2) is 74.9 Å². The molecular weight excluding hydrogens is 577 g/mol. The number of aromatic amines is 1. The van der Waals surface area contributed by atoms with Crippen LogP contribution in [0.4, 0.5) is 0 Å². The molecule has 1 aromatic heterocycles. The molecule has 42 heavy (non-hydrogen) atoms. The van der Waals surface area contributed by atoms with E-state index in [0.717, 1.165) is 41.6 Å². The summed E-state index contributed by atoms with van der Waals surface area (Å²) in [5, 5.41) is 30.1. The summed E-state index contributed by atoms with van der Waals surface area (Å²) in [6.07, 6.45) is -0.833. The van der Waals surface area contributed by atoms with E-state index in [1.807, 2.05) is 18.8 Å². The number of hydrogen-bond donors (Lipinski definition) is 5. The molecule has 6 atom stereocenters. The Labute approximate surface area is 241 Å². The van der Waals surface area contributed by atoms with Gasteiger partial charge in [0.25, 0.3) is 5.56 Å². The fourth-order valence-electron chi connectivity index (χ4n) is 3.81. The first-order valence-electron chi connectivity index (χ1n) is 13.4. The number of nitrogens with one attached hydrogen (secondary N) is 3. The van der Waals surface area contributed by atoms with Crippen LogP contribution >= 0.6 is 7.44 Å². The lowest BCUT2D eigenvalue weighted by atomic mass is 10.1. The van der Waals surface area contributed by atoms with Gasteiger partial charge in [0, 0.05) is 23.0 Å². The van der Waals surface area contributed by atoms with Crippen molar-refractivity contribution in [2.75, 3.05) is 13.2 Å². The van der Waals surface area contributed by atoms with Crippen LogP contribution in [0.15, 0.2) is 38.9 Å². The number of carbonyl (C=O) groups is 2. The van der Waals surface area contributed by atoms with Crippen LogP contribution in [0.5, 0.6) is 0 Å². The van der Waals surface area contributed by atoms with Crippen molar-refractivity contribution in [2.24, 2.45) is 5.11 Å². The molecule has 5 N–H and O–H groups in total. The minimum Gasteiger partial charge on any atom is -0.465 e. The molecular formula is C24H38N7O10P. The summed E-state index contributed by atoms with van der Waals surface area (Å²) in [5.41, 5.74) is 5.10. The van der Waals surface area contributed by atoms with Crippen LogP contribution in [0.2, 0.25) is 0 Å². The molecule has 1 saturated heterocycles. The number of unbranched alkanes of at least 4 members (excludes halogenated alkanes) is 2. The zero-order valence-electron chi connectivity index (χ0n) is 23.8. The topological polar surface area (TPSA) is 247 Å². The number of aliphatic hydroxyl groups excluding tert-OH is 2. The molecule has 1 aliphatic rings. The third-order valence-electron chi connectivity index (χ3n) is 6.16. The second kappa shape index (κ2) is 15.8. The Morgan fingerprint density at radius 1 is 1.19 bits per heavy atom. The van der Waals surface area contributed by atoms with E-state index >= 15 is 0 Å². The predicted molar refractivity (Wildman–Crippen MR) is 149 cm³/mol. The van der Waals surface area contributed by atoms with Gasteiger partial charge in [0.15, 0.2) is 12.0 Å². The highest BCUT2D eigenvalue weighted by Gasteiger charge is 2.54. The zero-order chi connectivity index (χ0) is 31.5. The molecule has 18 heteroatoms. The first kappa shape index (κ1) is 34.9. The summed E-state index contributed by atoms with van der Waals surface area (Å²) in [5.74, 6) is -0.555. The highest BCUT2D eigenvalue weighted by Crippen LogP contribution is 2.44. The van der Waals surface area contributed by atoms with Crippen LogP contribution in [0, 0.1) is 0 Å². The van der Waals surface area contributed by atoms with E-state index in [1.165, 1.54) is 13.8 Å². The molecule has 0 aromatic carbocycles. The number of H-pyrrole nitrogens is 1. The number of ether oxygens (including phenoxy) is 3. The number of aromatic nitrogens is 2. The highest BCUT2D eigenvalue weighted by atomic mass is 31.2. The van der Waals surface area contributed by atoms with Crippen molar-refractivity contribution in [2.45, 2.75) is 89.6 Å². The number of nitrogens with zero attached hydrogens (tertiary/aromatic N) is 4. The molecule has 0 aliphatic carbocycles. The van der Waals surface area contributed by atoms with Gasteiger partial charge >= 0.3 is 17.6 Å². The molecule has 0 amide bonds. The van der Waals surface area contributed by atoms with Crippen LogP contribution in [0.1, 0.15) is 59.6 Å². The lowest BCUT2D eigenvalue weighted by Crippen LogP contribution is -2.42. The average Bonchev–Trinajstić information content (AvgIpc) is 3.17. The quantitative estimate of drug-likeness (QED) is 0.0439. The Morgan fingerprint density at radius 3 is 2.21 bits per heavy atom. The van der Waals surface area contributed by atoms with Gasteiger partial charge in [-0.25, -0.2) is 15.0 Å². The highest BCUT2D eigenvalue weighted by molar-refractivity contribution is 7.63. The lowest BCUT2D eigenvalue weighted by molar-refractivity contribution is -0.145. The molecule has 0 bridgehead atoms. The molecule has 0 spiro atoms. The first-order chi connectivity index (χ1) is 19.8. The van der Waals surface area contributed by atoms with Gasteiger partial charge in [0.2, 0.25) is 7.44 Å². The monoisotopic (exact) mass is 615 g/mol. The number of hydrogen-bond acceptors (Lipinski definition) is 11. The van der Waals surface area contributed by atoms with Crippen LogP contribution in [0.3, 0.4) is 0 Å². The number of rotatable bonds is 16. The molecule has 234 valence electrons. The van der Waals surface area contributed by atoms with Crippen molar-refractivity contribution in [1.29, 1.82) is 0 Å². The second-order valence-corrected chi connectivity index (χ2v) is 11.8. The van der Waals surface area contributed by atoms with Crippen molar-refractivity contribution in [3.8, 4) is 0 Å². The Kier molecular flexibility index (Phi) is 13.1. The Morgan fingerprint density at radius 2 is 1.74 bits per heavy atom. The largest absolute Gasteiger partial charge is 0.465 e. The smallest absolute Gasteiger partial charge is 0.330 e. The number of aliphatic hydroxyl groups is 2. The molecule has 0 radical (unpaired) electrons. The fourth-order valence-corrected chi connectivity index (χ4v) is 5.84. The molecule has 1 aliphatic heterocycles. The van der Waals surface area contributed by atoms with Crippen molar-refractivity contribution in [3.63, 3.8) is 0 Å². The van der Waals surface area contributed by atoms with Crippen LogP contribution in [-0.2, 0) is 28.4 Å². The van der Waals surface area contributed by atoms with E-state index in [9.17, 15) is 39.5 Å². The predicted octanol–water partition coefficient (Wildman–Crippen LogP) is 1.14. The summed E-state index contributed by atoms with van der Waals surface area (Å²) < 4.78 is 30.8. The molecule has 17 nitrogen and oxygen atoms in total. The van der Waals surface area contributed by atoms with E-state index in [2.05, 4.69) is 20.2 Å². The van der Waals surface area contributed by atoms with Gasteiger partial charge in [-0.15, -0.1) is 0 Å². The third kappa shape index (κ3) is 9.10. The van der Waals surface area contributed by atoms with E-state index in [1.54, 1.807) is 0 Å². The van der Waals surface area contributed by atoms with Gasteiger partial charge in [0.05, 0.1) is 13.2 Å². The summed E-state index contributed by atoms with van der Waals surface area (Å²) >= 11 is 0.